The highest BCUT2D eigenvalue weighted by Gasteiger charge is 2.24. The Labute approximate surface area is 280 Å². The summed E-state index contributed by atoms with van der Waals surface area (Å²) in [4.78, 5) is 0. The first-order valence-electron chi connectivity index (χ1n) is 16.1. The van der Waals surface area contributed by atoms with Crippen LogP contribution in [0.5, 0.6) is 0 Å². The van der Waals surface area contributed by atoms with Crippen LogP contribution in [-0.4, -0.2) is 9.13 Å². The molecule has 0 atom stereocenters. The minimum Gasteiger partial charge on any atom is -0.455 e. The van der Waals surface area contributed by atoms with E-state index in [1.807, 2.05) is 72.8 Å². The molecule has 0 aliphatic carbocycles. The number of fused-ring (bicyclic) bond motifs is 10. The molecule has 0 N–H and O–H groups in total. The molecule has 0 unspecified atom stereocenters. The lowest BCUT2D eigenvalue weighted by molar-refractivity contribution is 0.673. The lowest BCUT2D eigenvalue weighted by atomic mass is 10.0. The third-order valence-corrected chi connectivity index (χ3v) is 9.83. The lowest BCUT2D eigenvalue weighted by Crippen LogP contribution is -2.05. The summed E-state index contributed by atoms with van der Waals surface area (Å²) < 4.78 is 10.8. The van der Waals surface area contributed by atoms with Crippen molar-refractivity contribution in [3.05, 3.63) is 157 Å². The van der Waals surface area contributed by atoms with E-state index in [9.17, 15) is 10.5 Å². The first kappa shape index (κ1) is 27.1. The van der Waals surface area contributed by atoms with Crippen molar-refractivity contribution in [3.8, 4) is 34.6 Å². The molecule has 3 heterocycles. The van der Waals surface area contributed by atoms with Gasteiger partial charge >= 0.3 is 0 Å². The Kier molecular flexibility index (Phi) is 5.64. The van der Waals surface area contributed by atoms with E-state index in [0.717, 1.165) is 76.7 Å². The fourth-order valence-corrected chi connectivity index (χ4v) is 7.72. The number of furan rings is 1. The van der Waals surface area contributed by atoms with Gasteiger partial charge in [0.2, 0.25) is 0 Å². The van der Waals surface area contributed by atoms with Crippen molar-refractivity contribution in [2.75, 3.05) is 0 Å². The molecular formula is C44H24N4O. The van der Waals surface area contributed by atoms with Crippen LogP contribution >= 0.6 is 0 Å². The molecule has 10 rings (SSSR count). The molecule has 0 radical (unpaired) electrons. The standard InChI is InChI=1S/C44H24N4O/c45-25-34-35(26-46)40(23-22-39(34)47-36-15-7-4-12-29(36)30-13-5-8-16-37(30)47)48-38-20-18-28(27-10-2-1-3-11-27)24-33(38)43-41(48)21-19-32-31-14-6-9-17-42(31)49-44(32)43/h1-24H. The molecule has 0 amide bonds. The number of aromatic nitrogens is 2. The van der Waals surface area contributed by atoms with Crippen molar-refractivity contribution < 1.29 is 4.42 Å². The average Bonchev–Trinajstić information content (AvgIpc) is 3.82. The monoisotopic (exact) mass is 624 g/mol. The largest absolute Gasteiger partial charge is 0.455 e. The van der Waals surface area contributed by atoms with Crippen molar-refractivity contribution in [2.45, 2.75) is 0 Å². The Bertz CT molecular complexity index is 3020. The Morgan fingerprint density at radius 2 is 0.980 bits per heavy atom. The third-order valence-electron chi connectivity index (χ3n) is 9.83. The Morgan fingerprint density at radius 1 is 0.429 bits per heavy atom. The zero-order valence-corrected chi connectivity index (χ0v) is 26.1. The molecule has 49 heavy (non-hydrogen) atoms. The summed E-state index contributed by atoms with van der Waals surface area (Å²) in [6.07, 6.45) is 0. The van der Waals surface area contributed by atoms with E-state index >= 15 is 0 Å². The van der Waals surface area contributed by atoms with Crippen molar-refractivity contribution in [3.63, 3.8) is 0 Å². The number of nitrogens with zero attached hydrogens (tertiary/aromatic N) is 4. The summed E-state index contributed by atoms with van der Waals surface area (Å²) in [5.74, 6) is 0. The maximum atomic E-state index is 10.8. The molecule has 0 fully saturated rings. The van der Waals surface area contributed by atoms with Gasteiger partial charge in [-0.1, -0.05) is 91.0 Å². The van der Waals surface area contributed by atoms with Crippen molar-refractivity contribution in [2.24, 2.45) is 0 Å². The maximum absolute atomic E-state index is 10.8. The predicted molar refractivity (Wildman–Crippen MR) is 197 cm³/mol. The fourth-order valence-electron chi connectivity index (χ4n) is 7.72. The maximum Gasteiger partial charge on any atom is 0.145 e. The molecular weight excluding hydrogens is 601 g/mol. The highest BCUT2D eigenvalue weighted by atomic mass is 16.3. The highest BCUT2D eigenvalue weighted by Crippen LogP contribution is 2.43. The fraction of sp³-hybridized carbons (Fsp3) is 0. The van der Waals surface area contributed by atoms with E-state index < -0.39 is 0 Å². The van der Waals surface area contributed by atoms with Crippen LogP contribution < -0.4 is 0 Å². The number of hydrogen-bond donors (Lipinski definition) is 0. The van der Waals surface area contributed by atoms with Gasteiger partial charge in [-0.15, -0.1) is 0 Å². The van der Waals surface area contributed by atoms with Crippen molar-refractivity contribution in [1.29, 1.82) is 10.5 Å². The summed E-state index contributed by atoms with van der Waals surface area (Å²) in [5.41, 5.74) is 9.57. The van der Waals surface area contributed by atoms with Gasteiger partial charge < -0.3 is 13.6 Å². The Morgan fingerprint density at radius 3 is 1.65 bits per heavy atom. The topological polar surface area (TPSA) is 70.6 Å². The summed E-state index contributed by atoms with van der Waals surface area (Å²) in [6, 6.07) is 54.3. The number of hydrogen-bond acceptors (Lipinski definition) is 3. The van der Waals surface area contributed by atoms with Crippen LogP contribution in [0.4, 0.5) is 0 Å². The average molecular weight is 625 g/mol. The summed E-state index contributed by atoms with van der Waals surface area (Å²) in [6.45, 7) is 0. The molecule has 10 aromatic rings. The lowest BCUT2D eigenvalue weighted by Gasteiger charge is -2.16. The highest BCUT2D eigenvalue weighted by molar-refractivity contribution is 6.24. The number of benzene rings is 7. The van der Waals surface area contributed by atoms with Crippen LogP contribution in [-0.2, 0) is 0 Å². The summed E-state index contributed by atoms with van der Waals surface area (Å²) >= 11 is 0. The predicted octanol–water partition coefficient (Wildman–Crippen LogP) is 11.2. The van der Waals surface area contributed by atoms with Crippen molar-refractivity contribution in [1.82, 2.24) is 9.13 Å². The molecule has 7 aromatic carbocycles. The number of para-hydroxylation sites is 3. The quantitative estimate of drug-likeness (QED) is 0.196. The summed E-state index contributed by atoms with van der Waals surface area (Å²) in [5, 5.41) is 27.9. The second-order valence-electron chi connectivity index (χ2n) is 12.3. The van der Waals surface area contributed by atoms with E-state index in [1.165, 1.54) is 0 Å². The van der Waals surface area contributed by atoms with Crippen LogP contribution in [0.15, 0.2) is 150 Å². The third kappa shape index (κ3) is 3.73. The van der Waals surface area contributed by atoms with Gasteiger partial charge in [0, 0.05) is 26.9 Å². The van der Waals surface area contributed by atoms with E-state index in [-0.39, 0.29) is 0 Å². The minimum absolute atomic E-state index is 0.317. The van der Waals surface area contributed by atoms with E-state index in [1.54, 1.807) is 0 Å². The second-order valence-corrected chi connectivity index (χ2v) is 12.3. The van der Waals surface area contributed by atoms with Crippen LogP contribution in [0.1, 0.15) is 11.1 Å². The molecule has 226 valence electrons. The normalized spacial score (nSPS) is 11.6. The van der Waals surface area contributed by atoms with Crippen LogP contribution in [0.2, 0.25) is 0 Å². The van der Waals surface area contributed by atoms with E-state index in [0.29, 0.717) is 22.5 Å². The van der Waals surface area contributed by atoms with E-state index in [4.69, 9.17) is 4.42 Å². The molecule has 0 aliphatic heterocycles. The molecule has 0 spiro atoms. The van der Waals surface area contributed by atoms with E-state index in [2.05, 4.69) is 94.1 Å². The number of nitriles is 2. The van der Waals surface area contributed by atoms with Gasteiger partial charge in [-0.25, -0.2) is 0 Å². The molecule has 0 saturated heterocycles. The Hall–Kier alpha value is -7.08. The molecule has 0 aliphatic rings. The minimum atomic E-state index is 0.317. The zero-order valence-electron chi connectivity index (χ0n) is 26.1. The molecule has 0 saturated carbocycles. The van der Waals surface area contributed by atoms with Gasteiger partial charge in [0.05, 0.1) is 50.0 Å². The Balaban J connectivity index is 1.31. The SMILES string of the molecule is N#Cc1c(-n2c3ccccc3c3ccccc32)ccc(-n2c3ccc(-c4ccccc4)cc3c3c4oc5ccccc5c4ccc32)c1C#N. The van der Waals surface area contributed by atoms with Gasteiger partial charge in [-0.05, 0) is 65.7 Å². The van der Waals surface area contributed by atoms with Gasteiger partial charge in [-0.2, -0.15) is 10.5 Å². The zero-order chi connectivity index (χ0) is 32.6. The summed E-state index contributed by atoms with van der Waals surface area (Å²) in [7, 11) is 0. The molecule has 3 aromatic heterocycles. The van der Waals surface area contributed by atoms with Gasteiger partial charge in [0.25, 0.3) is 0 Å². The number of rotatable bonds is 3. The van der Waals surface area contributed by atoms with Crippen LogP contribution in [0.3, 0.4) is 0 Å². The second kappa shape index (κ2) is 10.2. The smallest absolute Gasteiger partial charge is 0.145 e. The van der Waals surface area contributed by atoms with Crippen molar-refractivity contribution >= 4 is 65.6 Å². The van der Waals surface area contributed by atoms with Gasteiger partial charge in [0.1, 0.15) is 23.3 Å². The molecule has 5 heteroatoms. The van der Waals surface area contributed by atoms with Crippen LogP contribution in [0, 0.1) is 22.7 Å². The van der Waals surface area contributed by atoms with Crippen LogP contribution in [0.25, 0.3) is 88.1 Å². The van der Waals surface area contributed by atoms with Gasteiger partial charge in [-0.3, -0.25) is 0 Å². The molecule has 5 nitrogen and oxygen atoms in total. The van der Waals surface area contributed by atoms with Gasteiger partial charge in [0.15, 0.2) is 0 Å². The molecule has 0 bridgehead atoms. The first-order chi connectivity index (χ1) is 24.2. The first-order valence-corrected chi connectivity index (χ1v) is 16.1.